The molecule has 1 aromatic heterocycles. The number of nitrogens with one attached hydrogen (secondary N) is 1. The van der Waals surface area contributed by atoms with Crippen LogP contribution in [0.1, 0.15) is 48.0 Å². The number of hydrogen-bond acceptors (Lipinski definition) is 2. The van der Waals surface area contributed by atoms with E-state index in [0.717, 1.165) is 25.1 Å². The van der Waals surface area contributed by atoms with Crippen LogP contribution in [0.25, 0.3) is 0 Å². The molecule has 0 amide bonds. The summed E-state index contributed by atoms with van der Waals surface area (Å²) in [5, 5.41) is 8.21. The highest BCUT2D eigenvalue weighted by Gasteiger charge is 2.18. The van der Waals surface area contributed by atoms with Crippen LogP contribution in [0.2, 0.25) is 0 Å². The fraction of sp³-hybridized carbons (Fsp3) is 0.500. The Balaban J connectivity index is 2.33. The molecule has 0 spiro atoms. The maximum atomic E-state index is 4.60. The number of aromatic nitrogens is 2. The standard InChI is InChI=1S/C18H27N3/c1-6-15-11-18(21(5)20-15)17(19-7-2)12-16-13(3)9-8-10-14(16)4/h8-11,17,19H,6-7,12H2,1-5H3. The van der Waals surface area contributed by atoms with E-state index in [2.05, 4.69) is 62.4 Å². The van der Waals surface area contributed by atoms with Gasteiger partial charge in [0, 0.05) is 7.05 Å². The van der Waals surface area contributed by atoms with Gasteiger partial charge < -0.3 is 5.32 Å². The molecule has 21 heavy (non-hydrogen) atoms. The Morgan fingerprint density at radius 3 is 2.38 bits per heavy atom. The van der Waals surface area contributed by atoms with E-state index in [-0.39, 0.29) is 0 Å². The summed E-state index contributed by atoms with van der Waals surface area (Å²) < 4.78 is 2.03. The zero-order chi connectivity index (χ0) is 15.4. The summed E-state index contributed by atoms with van der Waals surface area (Å²) in [6.07, 6.45) is 1.99. The van der Waals surface area contributed by atoms with Crippen LogP contribution in [-0.2, 0) is 19.9 Å². The third-order valence-electron chi connectivity index (χ3n) is 4.19. The summed E-state index contributed by atoms with van der Waals surface area (Å²) in [6.45, 7) is 9.68. The summed E-state index contributed by atoms with van der Waals surface area (Å²) in [5.74, 6) is 0. The topological polar surface area (TPSA) is 29.9 Å². The molecule has 2 aromatic rings. The van der Waals surface area contributed by atoms with Gasteiger partial charge in [-0.25, -0.2) is 0 Å². The van der Waals surface area contributed by atoms with Gasteiger partial charge >= 0.3 is 0 Å². The summed E-state index contributed by atoms with van der Waals surface area (Å²) in [6, 6.07) is 9.09. The van der Waals surface area contributed by atoms with Crippen molar-refractivity contribution >= 4 is 0 Å². The van der Waals surface area contributed by atoms with E-state index in [1.807, 2.05) is 11.7 Å². The Bertz CT molecular complexity index is 578. The number of benzene rings is 1. The molecule has 1 aromatic carbocycles. The first-order valence-corrected chi connectivity index (χ1v) is 7.88. The second-order valence-electron chi connectivity index (χ2n) is 5.72. The lowest BCUT2D eigenvalue weighted by atomic mass is 9.95. The van der Waals surface area contributed by atoms with Gasteiger partial charge in [-0.15, -0.1) is 0 Å². The fourth-order valence-electron chi connectivity index (χ4n) is 2.95. The van der Waals surface area contributed by atoms with Crippen LogP contribution in [0.3, 0.4) is 0 Å². The minimum Gasteiger partial charge on any atom is -0.309 e. The van der Waals surface area contributed by atoms with E-state index in [1.165, 1.54) is 22.4 Å². The number of hydrogen-bond donors (Lipinski definition) is 1. The monoisotopic (exact) mass is 285 g/mol. The molecule has 1 atom stereocenters. The summed E-state index contributed by atoms with van der Waals surface area (Å²) in [5.41, 5.74) is 6.63. The molecule has 2 rings (SSSR count). The van der Waals surface area contributed by atoms with Crippen LogP contribution < -0.4 is 5.32 Å². The quantitative estimate of drug-likeness (QED) is 0.880. The summed E-state index contributed by atoms with van der Waals surface area (Å²) >= 11 is 0. The number of rotatable bonds is 6. The largest absolute Gasteiger partial charge is 0.309 e. The van der Waals surface area contributed by atoms with Crippen LogP contribution in [0.15, 0.2) is 24.3 Å². The maximum absolute atomic E-state index is 4.60. The molecule has 3 heteroatoms. The Morgan fingerprint density at radius 1 is 1.19 bits per heavy atom. The molecule has 1 unspecified atom stereocenters. The first-order chi connectivity index (χ1) is 10.1. The Morgan fingerprint density at radius 2 is 1.86 bits per heavy atom. The minimum absolute atomic E-state index is 0.313. The highest BCUT2D eigenvalue weighted by molar-refractivity contribution is 5.35. The Kier molecular flexibility index (Phi) is 5.18. The van der Waals surface area contributed by atoms with Crippen molar-refractivity contribution in [1.82, 2.24) is 15.1 Å². The van der Waals surface area contributed by atoms with E-state index in [4.69, 9.17) is 0 Å². The SMILES string of the molecule is CCNC(Cc1c(C)cccc1C)c1cc(CC)nn1C. The average Bonchev–Trinajstić information content (AvgIpc) is 2.83. The molecule has 0 aliphatic heterocycles. The van der Waals surface area contributed by atoms with Crippen LogP contribution in [0, 0.1) is 13.8 Å². The van der Waals surface area contributed by atoms with E-state index >= 15 is 0 Å². The van der Waals surface area contributed by atoms with Crippen LogP contribution in [0.4, 0.5) is 0 Å². The third kappa shape index (κ3) is 3.53. The third-order valence-corrected chi connectivity index (χ3v) is 4.19. The lowest BCUT2D eigenvalue weighted by Gasteiger charge is -2.20. The van der Waals surface area contributed by atoms with Crippen molar-refractivity contribution in [3.63, 3.8) is 0 Å². The fourth-order valence-corrected chi connectivity index (χ4v) is 2.95. The first kappa shape index (κ1) is 15.8. The number of likely N-dealkylation sites (N-methyl/N-ethyl adjacent to an activating group) is 1. The minimum atomic E-state index is 0.313. The maximum Gasteiger partial charge on any atom is 0.0625 e. The van der Waals surface area contributed by atoms with Crippen molar-refractivity contribution < 1.29 is 0 Å². The van der Waals surface area contributed by atoms with Gasteiger partial charge in [-0.1, -0.05) is 32.0 Å². The van der Waals surface area contributed by atoms with Crippen LogP contribution in [-0.4, -0.2) is 16.3 Å². The molecule has 0 radical (unpaired) electrons. The molecule has 1 heterocycles. The predicted molar refractivity (Wildman–Crippen MR) is 88.6 cm³/mol. The highest BCUT2D eigenvalue weighted by atomic mass is 15.3. The molecule has 3 nitrogen and oxygen atoms in total. The molecular formula is C18H27N3. The van der Waals surface area contributed by atoms with Crippen molar-refractivity contribution in [2.75, 3.05) is 6.54 Å². The Hall–Kier alpha value is -1.61. The second-order valence-corrected chi connectivity index (χ2v) is 5.72. The van der Waals surface area contributed by atoms with Crippen molar-refractivity contribution in [1.29, 1.82) is 0 Å². The molecule has 0 fully saturated rings. The highest BCUT2D eigenvalue weighted by Crippen LogP contribution is 2.23. The van der Waals surface area contributed by atoms with Gasteiger partial charge in [0.15, 0.2) is 0 Å². The molecule has 0 saturated heterocycles. The molecule has 0 aliphatic rings. The average molecular weight is 285 g/mol. The lowest BCUT2D eigenvalue weighted by molar-refractivity contribution is 0.506. The van der Waals surface area contributed by atoms with Gasteiger partial charge in [-0.05, 0) is 56.0 Å². The van der Waals surface area contributed by atoms with Gasteiger partial charge in [-0.2, -0.15) is 5.10 Å². The lowest BCUT2D eigenvalue weighted by Crippen LogP contribution is -2.25. The number of aryl methyl sites for hydroxylation is 4. The summed E-state index contributed by atoms with van der Waals surface area (Å²) in [4.78, 5) is 0. The van der Waals surface area contributed by atoms with E-state index in [0.29, 0.717) is 6.04 Å². The normalized spacial score (nSPS) is 12.6. The van der Waals surface area contributed by atoms with Crippen LogP contribution >= 0.6 is 0 Å². The molecule has 0 bridgehead atoms. The van der Waals surface area contributed by atoms with E-state index in [1.54, 1.807) is 0 Å². The smallest absolute Gasteiger partial charge is 0.0625 e. The summed E-state index contributed by atoms with van der Waals surface area (Å²) in [7, 11) is 2.05. The Labute approximate surface area is 128 Å². The van der Waals surface area contributed by atoms with Gasteiger partial charge in [0.2, 0.25) is 0 Å². The molecular weight excluding hydrogens is 258 g/mol. The number of nitrogens with zero attached hydrogens (tertiary/aromatic N) is 2. The van der Waals surface area contributed by atoms with Crippen molar-refractivity contribution in [2.24, 2.45) is 7.05 Å². The van der Waals surface area contributed by atoms with Crippen molar-refractivity contribution in [3.05, 3.63) is 52.3 Å². The van der Waals surface area contributed by atoms with Gasteiger partial charge in [0.25, 0.3) is 0 Å². The van der Waals surface area contributed by atoms with Gasteiger partial charge in [0.1, 0.15) is 0 Å². The predicted octanol–water partition coefficient (Wildman–Crippen LogP) is 3.49. The first-order valence-electron chi connectivity index (χ1n) is 7.88. The zero-order valence-corrected chi connectivity index (χ0v) is 13.9. The van der Waals surface area contributed by atoms with Gasteiger partial charge in [-0.3, -0.25) is 4.68 Å². The van der Waals surface area contributed by atoms with Gasteiger partial charge in [0.05, 0.1) is 17.4 Å². The molecule has 0 saturated carbocycles. The second kappa shape index (κ2) is 6.90. The van der Waals surface area contributed by atoms with E-state index in [9.17, 15) is 0 Å². The van der Waals surface area contributed by atoms with Crippen molar-refractivity contribution in [3.8, 4) is 0 Å². The molecule has 0 aliphatic carbocycles. The zero-order valence-electron chi connectivity index (χ0n) is 13.9. The van der Waals surface area contributed by atoms with E-state index < -0.39 is 0 Å². The van der Waals surface area contributed by atoms with Crippen LogP contribution in [0.5, 0.6) is 0 Å². The molecule has 1 N–H and O–H groups in total. The van der Waals surface area contributed by atoms with Crippen molar-refractivity contribution in [2.45, 2.75) is 46.6 Å². The molecule has 114 valence electrons.